The molecule has 1 fully saturated rings. The van der Waals surface area contributed by atoms with Crippen molar-refractivity contribution in [2.75, 3.05) is 0 Å². The van der Waals surface area contributed by atoms with Crippen LogP contribution in [0.1, 0.15) is 17.5 Å². The SMILES string of the molecule is Cc1cc([N+](=O)[O-])cc(C)c1OC1CC1(F)F. The van der Waals surface area contributed by atoms with Crippen LogP contribution in [0.5, 0.6) is 5.75 Å². The molecule has 4 nitrogen and oxygen atoms in total. The van der Waals surface area contributed by atoms with Crippen molar-refractivity contribution in [1.29, 1.82) is 0 Å². The van der Waals surface area contributed by atoms with Crippen LogP contribution in [0, 0.1) is 24.0 Å². The molecule has 0 heterocycles. The highest BCUT2D eigenvalue weighted by atomic mass is 19.3. The van der Waals surface area contributed by atoms with E-state index in [0.717, 1.165) is 0 Å². The third-order valence-electron chi connectivity index (χ3n) is 2.68. The Balaban J connectivity index is 2.26. The molecular formula is C11H11F2NO3. The Hall–Kier alpha value is -1.72. The summed E-state index contributed by atoms with van der Waals surface area (Å²) in [6.07, 6.45) is -1.38. The predicted octanol–water partition coefficient (Wildman–Crippen LogP) is 3.00. The lowest BCUT2D eigenvalue weighted by Gasteiger charge is -2.11. The van der Waals surface area contributed by atoms with Crippen LogP contribution in [-0.4, -0.2) is 16.9 Å². The number of nitro groups is 1. The molecule has 92 valence electrons. The minimum Gasteiger partial charge on any atom is -0.483 e. The van der Waals surface area contributed by atoms with E-state index in [0.29, 0.717) is 16.9 Å². The highest BCUT2D eigenvalue weighted by molar-refractivity contribution is 5.49. The highest BCUT2D eigenvalue weighted by Gasteiger charge is 2.60. The zero-order valence-corrected chi connectivity index (χ0v) is 9.37. The standard InChI is InChI=1S/C11H11F2NO3/c1-6-3-8(14(15)16)4-7(2)10(6)17-9-5-11(9,12)13/h3-4,9H,5H2,1-2H3. The summed E-state index contributed by atoms with van der Waals surface area (Å²) in [5.41, 5.74) is 0.939. The van der Waals surface area contributed by atoms with Gasteiger partial charge in [-0.2, -0.15) is 0 Å². The van der Waals surface area contributed by atoms with Gasteiger partial charge in [0.1, 0.15) is 5.75 Å². The fourth-order valence-electron chi connectivity index (χ4n) is 1.68. The second kappa shape index (κ2) is 3.65. The van der Waals surface area contributed by atoms with Gasteiger partial charge in [-0.1, -0.05) is 0 Å². The van der Waals surface area contributed by atoms with Crippen LogP contribution in [-0.2, 0) is 0 Å². The van der Waals surface area contributed by atoms with Gasteiger partial charge in [-0.25, -0.2) is 8.78 Å². The first-order chi connectivity index (χ1) is 7.81. The van der Waals surface area contributed by atoms with Crippen molar-refractivity contribution in [1.82, 2.24) is 0 Å². The first-order valence-electron chi connectivity index (χ1n) is 5.11. The van der Waals surface area contributed by atoms with Crippen LogP contribution in [0.4, 0.5) is 14.5 Å². The van der Waals surface area contributed by atoms with E-state index in [9.17, 15) is 18.9 Å². The van der Waals surface area contributed by atoms with E-state index in [-0.39, 0.29) is 12.1 Å². The second-order valence-corrected chi connectivity index (χ2v) is 4.24. The molecule has 1 unspecified atom stereocenters. The molecule has 1 atom stereocenters. The molecule has 1 aromatic carbocycles. The van der Waals surface area contributed by atoms with Crippen LogP contribution in [0.2, 0.25) is 0 Å². The van der Waals surface area contributed by atoms with Crippen LogP contribution in [0.25, 0.3) is 0 Å². The monoisotopic (exact) mass is 243 g/mol. The number of aryl methyl sites for hydroxylation is 2. The van der Waals surface area contributed by atoms with Gasteiger partial charge in [0, 0.05) is 12.1 Å². The minimum absolute atomic E-state index is 0.0603. The van der Waals surface area contributed by atoms with Crippen LogP contribution < -0.4 is 4.74 Å². The highest BCUT2D eigenvalue weighted by Crippen LogP contribution is 2.45. The van der Waals surface area contributed by atoms with Crippen molar-refractivity contribution in [3.63, 3.8) is 0 Å². The fourth-order valence-corrected chi connectivity index (χ4v) is 1.68. The average molecular weight is 243 g/mol. The zero-order chi connectivity index (χ0) is 12.8. The quantitative estimate of drug-likeness (QED) is 0.605. The maximum atomic E-state index is 12.7. The molecule has 0 spiro atoms. The normalized spacial score (nSPS) is 21.1. The molecule has 17 heavy (non-hydrogen) atoms. The lowest BCUT2D eigenvalue weighted by molar-refractivity contribution is -0.385. The number of nitro benzene ring substituents is 1. The van der Waals surface area contributed by atoms with Gasteiger partial charge in [-0.05, 0) is 25.0 Å². The van der Waals surface area contributed by atoms with E-state index in [1.807, 2.05) is 0 Å². The van der Waals surface area contributed by atoms with Gasteiger partial charge < -0.3 is 4.74 Å². The van der Waals surface area contributed by atoms with E-state index < -0.39 is 16.9 Å². The van der Waals surface area contributed by atoms with E-state index >= 15 is 0 Å². The van der Waals surface area contributed by atoms with E-state index in [1.165, 1.54) is 12.1 Å². The number of nitrogens with zero attached hydrogens (tertiary/aromatic N) is 1. The molecule has 1 saturated carbocycles. The molecular weight excluding hydrogens is 232 g/mol. The van der Waals surface area contributed by atoms with Crippen molar-refractivity contribution >= 4 is 5.69 Å². The lowest BCUT2D eigenvalue weighted by atomic mass is 10.1. The molecule has 0 aliphatic heterocycles. The van der Waals surface area contributed by atoms with Gasteiger partial charge in [-0.15, -0.1) is 0 Å². The van der Waals surface area contributed by atoms with Crippen LogP contribution in [0.3, 0.4) is 0 Å². The van der Waals surface area contributed by atoms with Crippen LogP contribution in [0.15, 0.2) is 12.1 Å². The van der Waals surface area contributed by atoms with Gasteiger partial charge in [0.05, 0.1) is 11.3 Å². The third-order valence-corrected chi connectivity index (χ3v) is 2.68. The Labute approximate surface area is 96.3 Å². The number of ether oxygens (including phenoxy) is 1. The summed E-state index contributed by atoms with van der Waals surface area (Å²) in [5.74, 6) is -2.45. The van der Waals surface area contributed by atoms with E-state index in [2.05, 4.69) is 0 Å². The van der Waals surface area contributed by atoms with Gasteiger partial charge in [0.25, 0.3) is 11.6 Å². The zero-order valence-electron chi connectivity index (χ0n) is 9.37. The molecule has 0 saturated heterocycles. The van der Waals surface area contributed by atoms with Gasteiger partial charge in [0.15, 0.2) is 6.10 Å². The molecule has 0 aromatic heterocycles. The first-order valence-corrected chi connectivity index (χ1v) is 5.11. The van der Waals surface area contributed by atoms with Gasteiger partial charge >= 0.3 is 0 Å². The van der Waals surface area contributed by atoms with Crippen molar-refractivity contribution in [2.24, 2.45) is 0 Å². The van der Waals surface area contributed by atoms with Crippen molar-refractivity contribution in [3.8, 4) is 5.75 Å². The van der Waals surface area contributed by atoms with E-state index in [1.54, 1.807) is 13.8 Å². The number of halogens is 2. The molecule has 2 rings (SSSR count). The Bertz CT molecular complexity index is 465. The number of alkyl halides is 2. The Kier molecular flexibility index (Phi) is 2.52. The number of rotatable bonds is 3. The number of hydrogen-bond donors (Lipinski definition) is 0. The lowest BCUT2D eigenvalue weighted by Crippen LogP contribution is -2.09. The average Bonchev–Trinajstić information content (AvgIpc) is 2.79. The maximum absolute atomic E-state index is 12.7. The van der Waals surface area contributed by atoms with Gasteiger partial charge in [0.2, 0.25) is 0 Å². The summed E-state index contributed by atoms with van der Waals surface area (Å²) in [4.78, 5) is 10.1. The Morgan fingerprint density at radius 3 is 2.24 bits per heavy atom. The molecule has 0 bridgehead atoms. The van der Waals surface area contributed by atoms with Crippen molar-refractivity contribution < 1.29 is 18.4 Å². The summed E-state index contributed by atoms with van der Waals surface area (Å²) in [7, 11) is 0. The van der Waals surface area contributed by atoms with Gasteiger partial charge in [-0.3, -0.25) is 10.1 Å². The van der Waals surface area contributed by atoms with E-state index in [4.69, 9.17) is 4.74 Å². The Morgan fingerprint density at radius 2 is 1.88 bits per heavy atom. The van der Waals surface area contributed by atoms with Crippen molar-refractivity contribution in [3.05, 3.63) is 33.4 Å². The number of hydrogen-bond acceptors (Lipinski definition) is 3. The summed E-state index contributed by atoms with van der Waals surface area (Å²) in [5, 5.41) is 10.6. The molecule has 1 aromatic rings. The third kappa shape index (κ3) is 2.20. The summed E-state index contributed by atoms with van der Waals surface area (Å²) < 4.78 is 30.6. The maximum Gasteiger partial charge on any atom is 0.288 e. The fraction of sp³-hybridized carbons (Fsp3) is 0.455. The molecule has 1 aliphatic carbocycles. The molecule has 6 heteroatoms. The topological polar surface area (TPSA) is 52.4 Å². The predicted molar refractivity (Wildman–Crippen MR) is 56.6 cm³/mol. The number of benzene rings is 1. The number of non-ortho nitro benzene ring substituents is 1. The molecule has 0 amide bonds. The second-order valence-electron chi connectivity index (χ2n) is 4.24. The molecule has 1 aliphatic rings. The minimum atomic E-state index is -2.76. The summed E-state index contributed by atoms with van der Waals surface area (Å²) in [6, 6.07) is 2.64. The summed E-state index contributed by atoms with van der Waals surface area (Å²) in [6.45, 7) is 3.21. The summed E-state index contributed by atoms with van der Waals surface area (Å²) >= 11 is 0. The smallest absolute Gasteiger partial charge is 0.288 e. The van der Waals surface area contributed by atoms with Crippen LogP contribution >= 0.6 is 0 Å². The Morgan fingerprint density at radius 1 is 1.41 bits per heavy atom. The molecule has 0 radical (unpaired) electrons. The first kappa shape index (κ1) is 11.8. The van der Waals surface area contributed by atoms with Crippen molar-refractivity contribution in [2.45, 2.75) is 32.3 Å². The molecule has 0 N–H and O–H groups in total. The largest absolute Gasteiger partial charge is 0.483 e.